The van der Waals surface area contributed by atoms with Crippen molar-refractivity contribution in [2.24, 2.45) is 5.92 Å². The van der Waals surface area contributed by atoms with Crippen LogP contribution in [0.15, 0.2) is 84.7 Å². The molecule has 1 aliphatic carbocycles. The van der Waals surface area contributed by atoms with Gasteiger partial charge in [-0.1, -0.05) is 24.3 Å². The molecule has 4 N–H and O–H groups in total. The smallest absolute Gasteiger partial charge is 0.335 e. The molecule has 2 atom stereocenters. The topological polar surface area (TPSA) is 176 Å². The highest BCUT2D eigenvalue weighted by atomic mass is 16.5. The maximum atomic E-state index is 13.1. The molecule has 216 valence electrons. The fourth-order valence-corrected chi connectivity index (χ4v) is 5.07. The van der Waals surface area contributed by atoms with Crippen molar-refractivity contribution < 1.29 is 43.7 Å². The predicted octanol–water partition coefficient (Wildman–Crippen LogP) is 2.80. The number of benzene rings is 3. The number of hydrogen-bond donors (Lipinski definition) is 4. The van der Waals surface area contributed by atoms with Gasteiger partial charge in [-0.15, -0.1) is 0 Å². The summed E-state index contributed by atoms with van der Waals surface area (Å²) in [6.45, 7) is 0.133. The minimum atomic E-state index is -1.21. The van der Waals surface area contributed by atoms with Crippen LogP contribution in [0.2, 0.25) is 0 Å². The molecule has 0 spiro atoms. The molecular formula is C32H24N2O9. The van der Waals surface area contributed by atoms with E-state index in [4.69, 9.17) is 4.74 Å². The Hall–Kier alpha value is -5.84. The first-order chi connectivity index (χ1) is 20.7. The number of phenols is 1. The molecule has 11 nitrogen and oxygen atoms in total. The molecule has 2 unspecified atom stereocenters. The van der Waals surface area contributed by atoms with E-state index in [1.54, 1.807) is 12.1 Å². The summed E-state index contributed by atoms with van der Waals surface area (Å²) in [5.74, 6) is -3.84. The lowest BCUT2D eigenvalue weighted by Gasteiger charge is -2.35. The average Bonchev–Trinajstić information content (AvgIpc) is 3.00. The van der Waals surface area contributed by atoms with Gasteiger partial charge in [0.05, 0.1) is 5.56 Å². The number of Topliss-reactive ketones (excluding diaryl/α,β-unsaturated/α-hetero) is 1. The average molecular weight is 581 g/mol. The summed E-state index contributed by atoms with van der Waals surface area (Å²) in [6.07, 6.45) is 4.51. The summed E-state index contributed by atoms with van der Waals surface area (Å²) in [7, 11) is 0. The fraction of sp³-hybridized carbons (Fsp3) is 0.125. The zero-order chi connectivity index (χ0) is 30.7. The van der Waals surface area contributed by atoms with E-state index >= 15 is 0 Å². The van der Waals surface area contributed by atoms with Gasteiger partial charge in [0.15, 0.2) is 12.1 Å². The van der Waals surface area contributed by atoms with Crippen LogP contribution < -0.4 is 15.4 Å². The van der Waals surface area contributed by atoms with E-state index < -0.39 is 35.4 Å². The molecule has 1 aliphatic heterocycles. The van der Waals surface area contributed by atoms with E-state index in [1.807, 2.05) is 0 Å². The molecule has 43 heavy (non-hydrogen) atoms. The van der Waals surface area contributed by atoms with Crippen LogP contribution in [-0.2, 0) is 9.59 Å². The van der Waals surface area contributed by atoms with Gasteiger partial charge in [-0.25, -0.2) is 4.79 Å². The largest absolute Gasteiger partial charge is 0.508 e. The molecule has 0 saturated carbocycles. The molecule has 3 aromatic rings. The highest BCUT2D eigenvalue weighted by molar-refractivity contribution is 6.33. The third-order valence-corrected chi connectivity index (χ3v) is 7.11. The number of carboxylic acid groups (broad SMARTS) is 1. The fourth-order valence-electron chi connectivity index (χ4n) is 5.07. The van der Waals surface area contributed by atoms with Crippen LogP contribution in [0, 0.1) is 5.92 Å². The summed E-state index contributed by atoms with van der Waals surface area (Å²) in [5.41, 5.74) is 1.45. The van der Waals surface area contributed by atoms with E-state index in [1.165, 1.54) is 66.7 Å². The van der Waals surface area contributed by atoms with Gasteiger partial charge in [0.2, 0.25) is 5.78 Å². The highest BCUT2D eigenvalue weighted by Gasteiger charge is 2.38. The first-order valence-electron chi connectivity index (χ1n) is 13.1. The number of aldehydes is 1. The summed E-state index contributed by atoms with van der Waals surface area (Å²) in [5, 5.41) is 25.4. The monoisotopic (exact) mass is 580 g/mol. The molecule has 0 bridgehead atoms. The van der Waals surface area contributed by atoms with Gasteiger partial charge in [-0.2, -0.15) is 0 Å². The number of allylic oxidation sites excluding steroid dienone is 3. The number of nitrogens with one attached hydrogen (secondary N) is 2. The predicted molar refractivity (Wildman–Crippen MR) is 151 cm³/mol. The van der Waals surface area contributed by atoms with Crippen molar-refractivity contribution in [3.8, 4) is 11.5 Å². The third kappa shape index (κ3) is 5.96. The number of aromatic hydroxyl groups is 1. The minimum Gasteiger partial charge on any atom is -0.508 e. The Balaban J connectivity index is 1.34. The normalized spacial score (nSPS) is 16.6. The summed E-state index contributed by atoms with van der Waals surface area (Å²) < 4.78 is 5.89. The van der Waals surface area contributed by atoms with Gasteiger partial charge >= 0.3 is 5.97 Å². The van der Waals surface area contributed by atoms with Crippen LogP contribution in [0.1, 0.15) is 58.5 Å². The van der Waals surface area contributed by atoms with Crippen LogP contribution in [0.25, 0.3) is 0 Å². The van der Waals surface area contributed by atoms with Crippen LogP contribution in [0.4, 0.5) is 0 Å². The van der Waals surface area contributed by atoms with Crippen molar-refractivity contribution in [3.63, 3.8) is 0 Å². The van der Waals surface area contributed by atoms with E-state index in [9.17, 15) is 39.0 Å². The number of phenolic OH excluding ortho intramolecular Hbond substituents is 1. The van der Waals surface area contributed by atoms with Crippen molar-refractivity contribution in [1.29, 1.82) is 0 Å². The standard InChI is InChI=1S/C32H24N2O9/c35-16-26(38)17-1-3-18(4-2-17)30(39)33-11-12-34-31(40)19-5-8-22(32(41)42)25(13-19)29-23-9-6-20(36)14-27(23)43-28-15-21(37)7-10-24(28)29/h1-10,13-16,23,29,37H,11-12H2,(H,33,39)(H,34,40)(H,41,42). The Morgan fingerprint density at radius 1 is 0.837 bits per heavy atom. The Morgan fingerprint density at radius 3 is 2.16 bits per heavy atom. The molecule has 3 aromatic carbocycles. The zero-order valence-corrected chi connectivity index (χ0v) is 22.4. The van der Waals surface area contributed by atoms with Gasteiger partial charge in [-0.3, -0.25) is 24.0 Å². The van der Waals surface area contributed by atoms with Crippen LogP contribution in [0.5, 0.6) is 11.5 Å². The Bertz CT molecular complexity index is 1740. The second kappa shape index (κ2) is 12.0. The van der Waals surface area contributed by atoms with E-state index in [0.717, 1.165) is 0 Å². The van der Waals surface area contributed by atoms with Crippen molar-refractivity contribution in [3.05, 3.63) is 118 Å². The summed E-state index contributed by atoms with van der Waals surface area (Å²) in [4.78, 5) is 71.8. The second-order valence-electron chi connectivity index (χ2n) is 9.81. The van der Waals surface area contributed by atoms with Crippen LogP contribution in [0.3, 0.4) is 0 Å². The van der Waals surface area contributed by atoms with Gasteiger partial charge in [0.1, 0.15) is 17.3 Å². The van der Waals surface area contributed by atoms with Crippen LogP contribution in [-0.4, -0.2) is 58.9 Å². The Labute approximate surface area is 244 Å². The number of fused-ring (bicyclic) bond motifs is 2. The molecule has 2 aliphatic rings. The van der Waals surface area contributed by atoms with Gasteiger partial charge in [0, 0.05) is 59.3 Å². The maximum Gasteiger partial charge on any atom is 0.335 e. The molecule has 0 aromatic heterocycles. The third-order valence-electron chi connectivity index (χ3n) is 7.11. The van der Waals surface area contributed by atoms with E-state index in [0.29, 0.717) is 16.9 Å². The molecule has 0 radical (unpaired) electrons. The number of aromatic carboxylic acids is 1. The lowest BCUT2D eigenvalue weighted by atomic mass is 9.74. The number of carbonyl (C=O) groups is 6. The van der Waals surface area contributed by atoms with E-state index in [2.05, 4.69) is 10.6 Å². The van der Waals surface area contributed by atoms with Gasteiger partial charge < -0.3 is 25.6 Å². The number of carbonyl (C=O) groups excluding carboxylic acids is 5. The SMILES string of the molecule is O=CC(=O)c1ccc(C(=O)NCCNC(=O)c2ccc(C(=O)O)c(C3c4ccc(O)cc4OC4=CC(=O)C=CC43)c2)cc1. The molecular weight excluding hydrogens is 556 g/mol. The molecule has 0 fully saturated rings. The quantitative estimate of drug-likeness (QED) is 0.128. The minimum absolute atomic E-state index is 0.0414. The second-order valence-corrected chi connectivity index (χ2v) is 9.81. The molecule has 1 heterocycles. The van der Waals surface area contributed by atoms with Gasteiger partial charge in [-0.05, 0) is 48.0 Å². The summed E-state index contributed by atoms with van der Waals surface area (Å²) in [6, 6.07) is 14.2. The number of hydrogen-bond acceptors (Lipinski definition) is 8. The van der Waals surface area contributed by atoms with Crippen molar-refractivity contribution in [2.75, 3.05) is 13.1 Å². The van der Waals surface area contributed by atoms with Crippen LogP contribution >= 0.6 is 0 Å². The summed E-state index contributed by atoms with van der Waals surface area (Å²) >= 11 is 0. The van der Waals surface area contributed by atoms with E-state index in [-0.39, 0.29) is 58.9 Å². The highest BCUT2D eigenvalue weighted by Crippen LogP contribution is 2.49. The zero-order valence-electron chi connectivity index (χ0n) is 22.4. The number of amides is 2. The molecule has 2 amide bonds. The van der Waals surface area contributed by atoms with Crippen molar-refractivity contribution in [2.45, 2.75) is 5.92 Å². The van der Waals surface area contributed by atoms with Crippen molar-refractivity contribution >= 4 is 35.6 Å². The number of carboxylic acids is 1. The Morgan fingerprint density at radius 2 is 1.49 bits per heavy atom. The number of rotatable bonds is 9. The maximum absolute atomic E-state index is 13.1. The number of ether oxygens (including phenoxy) is 1. The van der Waals surface area contributed by atoms with Crippen molar-refractivity contribution in [1.82, 2.24) is 10.6 Å². The molecule has 5 rings (SSSR count). The number of ketones is 2. The first-order valence-corrected chi connectivity index (χ1v) is 13.1. The van der Waals surface area contributed by atoms with Gasteiger partial charge in [0.25, 0.3) is 11.8 Å². The first kappa shape index (κ1) is 28.7. The lowest BCUT2D eigenvalue weighted by molar-refractivity contribution is -0.110. The Kier molecular flexibility index (Phi) is 7.97. The lowest BCUT2D eigenvalue weighted by Crippen LogP contribution is -2.35. The molecule has 0 saturated heterocycles. The molecule has 11 heteroatoms.